The lowest BCUT2D eigenvalue weighted by Crippen LogP contribution is -2.47. The van der Waals surface area contributed by atoms with E-state index in [9.17, 15) is 5.11 Å². The van der Waals surface area contributed by atoms with Crippen LogP contribution >= 0.6 is 0 Å². The van der Waals surface area contributed by atoms with Crippen LogP contribution in [0.1, 0.15) is 18.6 Å². The predicted octanol–water partition coefficient (Wildman–Crippen LogP) is 1.35. The van der Waals surface area contributed by atoms with Crippen LogP contribution in [-0.2, 0) is 4.74 Å². The van der Waals surface area contributed by atoms with Gasteiger partial charge >= 0.3 is 0 Å². The van der Waals surface area contributed by atoms with Crippen molar-refractivity contribution in [2.75, 3.05) is 26.3 Å². The number of aliphatic hydroxyl groups is 1. The predicted molar refractivity (Wildman–Crippen MR) is 63.2 cm³/mol. The van der Waals surface area contributed by atoms with Crippen LogP contribution < -0.4 is 5.32 Å². The van der Waals surface area contributed by atoms with Gasteiger partial charge in [0, 0.05) is 18.5 Å². The molecule has 0 saturated carbocycles. The summed E-state index contributed by atoms with van der Waals surface area (Å²) < 4.78 is 5.18. The van der Waals surface area contributed by atoms with Crippen molar-refractivity contribution in [1.29, 1.82) is 0 Å². The van der Waals surface area contributed by atoms with E-state index in [1.165, 1.54) is 0 Å². The van der Waals surface area contributed by atoms with E-state index in [1.54, 1.807) is 0 Å². The fourth-order valence-electron chi connectivity index (χ4n) is 1.86. The number of ether oxygens (including phenoxy) is 1. The maximum atomic E-state index is 9.91. The number of rotatable bonds is 5. The first kappa shape index (κ1) is 11.6. The summed E-state index contributed by atoms with van der Waals surface area (Å²) in [6.45, 7) is 5.33. The van der Waals surface area contributed by atoms with E-state index in [1.807, 2.05) is 30.3 Å². The molecule has 1 aliphatic heterocycles. The fraction of sp³-hybridized carbons (Fsp3) is 0.538. The minimum Gasteiger partial charge on any atom is -0.387 e. The molecule has 0 aliphatic carbocycles. The molecule has 1 heterocycles. The molecule has 0 aromatic heterocycles. The molecule has 0 bridgehead atoms. The summed E-state index contributed by atoms with van der Waals surface area (Å²) in [5, 5.41) is 13.2. The van der Waals surface area contributed by atoms with Gasteiger partial charge in [-0.1, -0.05) is 37.3 Å². The molecule has 1 unspecified atom stereocenters. The first-order valence-electron chi connectivity index (χ1n) is 5.71. The minimum absolute atomic E-state index is 0.260. The van der Waals surface area contributed by atoms with Crippen LogP contribution in [0.4, 0.5) is 0 Å². The lowest BCUT2D eigenvalue weighted by Gasteiger charge is -2.38. The number of hydrogen-bond acceptors (Lipinski definition) is 3. The summed E-state index contributed by atoms with van der Waals surface area (Å²) >= 11 is 0. The average molecular weight is 221 g/mol. The summed E-state index contributed by atoms with van der Waals surface area (Å²) in [6.07, 6.45) is -0.425. The van der Waals surface area contributed by atoms with Crippen LogP contribution in [0.3, 0.4) is 0 Å². The number of hydrogen-bond donors (Lipinski definition) is 2. The van der Waals surface area contributed by atoms with Gasteiger partial charge in [0.05, 0.1) is 19.3 Å². The Bertz CT molecular complexity index is 322. The SMILES string of the molecule is CC1(CNCC(O)c2ccccc2)COC1. The van der Waals surface area contributed by atoms with E-state index in [-0.39, 0.29) is 5.41 Å². The zero-order chi connectivity index (χ0) is 11.4. The van der Waals surface area contributed by atoms with Crippen LogP contribution in [0.15, 0.2) is 30.3 Å². The van der Waals surface area contributed by atoms with Crippen LogP contribution in [0, 0.1) is 5.41 Å². The molecule has 1 aromatic carbocycles. The van der Waals surface area contributed by atoms with E-state index < -0.39 is 6.10 Å². The van der Waals surface area contributed by atoms with Crippen molar-refractivity contribution in [3.05, 3.63) is 35.9 Å². The normalized spacial score (nSPS) is 20.1. The smallest absolute Gasteiger partial charge is 0.0914 e. The quantitative estimate of drug-likeness (QED) is 0.788. The maximum Gasteiger partial charge on any atom is 0.0914 e. The molecule has 0 spiro atoms. The lowest BCUT2D eigenvalue weighted by molar-refractivity contribution is -0.0996. The highest BCUT2D eigenvalue weighted by atomic mass is 16.5. The molecule has 1 aromatic rings. The van der Waals surface area contributed by atoms with Crippen molar-refractivity contribution in [3.63, 3.8) is 0 Å². The van der Waals surface area contributed by atoms with Gasteiger partial charge in [0.1, 0.15) is 0 Å². The Morgan fingerprint density at radius 3 is 2.62 bits per heavy atom. The van der Waals surface area contributed by atoms with Gasteiger partial charge in [-0.3, -0.25) is 0 Å². The van der Waals surface area contributed by atoms with E-state index in [0.29, 0.717) is 6.54 Å². The van der Waals surface area contributed by atoms with Gasteiger partial charge in [-0.15, -0.1) is 0 Å². The summed E-state index contributed by atoms with van der Waals surface area (Å²) in [7, 11) is 0. The monoisotopic (exact) mass is 221 g/mol. The molecule has 0 amide bonds. The molecule has 0 radical (unpaired) electrons. The minimum atomic E-state index is -0.425. The molecule has 3 nitrogen and oxygen atoms in total. The summed E-state index contributed by atoms with van der Waals surface area (Å²) in [5.74, 6) is 0. The first-order valence-corrected chi connectivity index (χ1v) is 5.71. The van der Waals surface area contributed by atoms with Crippen molar-refractivity contribution < 1.29 is 9.84 Å². The third kappa shape index (κ3) is 2.82. The zero-order valence-electron chi connectivity index (χ0n) is 9.65. The molecule has 16 heavy (non-hydrogen) atoms. The molecule has 2 rings (SSSR count). The van der Waals surface area contributed by atoms with Crippen molar-refractivity contribution in [2.24, 2.45) is 5.41 Å². The van der Waals surface area contributed by atoms with Crippen molar-refractivity contribution in [3.8, 4) is 0 Å². The molecular weight excluding hydrogens is 202 g/mol. The molecule has 1 saturated heterocycles. The molecule has 1 fully saturated rings. The van der Waals surface area contributed by atoms with Gasteiger partial charge in [0.25, 0.3) is 0 Å². The maximum absolute atomic E-state index is 9.91. The lowest BCUT2D eigenvalue weighted by atomic mass is 9.89. The molecule has 3 heteroatoms. The Balaban J connectivity index is 1.74. The van der Waals surface area contributed by atoms with Crippen molar-refractivity contribution >= 4 is 0 Å². The van der Waals surface area contributed by atoms with Gasteiger partial charge in [-0.2, -0.15) is 0 Å². The highest BCUT2D eigenvalue weighted by molar-refractivity contribution is 5.17. The van der Waals surface area contributed by atoms with Gasteiger partial charge in [-0.25, -0.2) is 0 Å². The molecule has 1 atom stereocenters. The highest BCUT2D eigenvalue weighted by Crippen LogP contribution is 2.25. The number of aliphatic hydroxyl groups excluding tert-OH is 1. The first-order chi connectivity index (χ1) is 7.70. The van der Waals surface area contributed by atoms with Crippen LogP contribution in [0.5, 0.6) is 0 Å². The highest BCUT2D eigenvalue weighted by Gasteiger charge is 2.32. The Morgan fingerprint density at radius 1 is 1.38 bits per heavy atom. The number of nitrogens with one attached hydrogen (secondary N) is 1. The second kappa shape index (κ2) is 4.95. The van der Waals surface area contributed by atoms with Gasteiger partial charge in [-0.05, 0) is 5.56 Å². The Labute approximate surface area is 96.4 Å². The molecule has 1 aliphatic rings. The standard InChI is InChI=1S/C13H19NO2/c1-13(9-16-10-13)8-14-7-12(15)11-5-3-2-4-6-11/h2-6,12,14-15H,7-10H2,1H3. The Kier molecular flexibility index (Phi) is 3.59. The van der Waals surface area contributed by atoms with Crippen molar-refractivity contribution in [2.45, 2.75) is 13.0 Å². The third-order valence-corrected chi connectivity index (χ3v) is 2.97. The summed E-state index contributed by atoms with van der Waals surface area (Å²) in [5.41, 5.74) is 1.22. The van der Waals surface area contributed by atoms with Crippen LogP contribution in [0.25, 0.3) is 0 Å². The number of benzene rings is 1. The van der Waals surface area contributed by atoms with E-state index in [2.05, 4.69) is 12.2 Å². The van der Waals surface area contributed by atoms with E-state index in [4.69, 9.17) is 4.74 Å². The van der Waals surface area contributed by atoms with Gasteiger partial charge < -0.3 is 15.2 Å². The van der Waals surface area contributed by atoms with Crippen LogP contribution in [0.2, 0.25) is 0 Å². The average Bonchev–Trinajstić information content (AvgIpc) is 2.28. The topological polar surface area (TPSA) is 41.5 Å². The fourth-order valence-corrected chi connectivity index (χ4v) is 1.86. The van der Waals surface area contributed by atoms with Gasteiger partial charge in [0.2, 0.25) is 0 Å². The second-order valence-electron chi connectivity index (χ2n) is 4.86. The van der Waals surface area contributed by atoms with E-state index in [0.717, 1.165) is 25.3 Å². The molecule has 2 N–H and O–H groups in total. The molecular formula is C13H19NO2. The van der Waals surface area contributed by atoms with Crippen LogP contribution in [-0.4, -0.2) is 31.4 Å². The zero-order valence-corrected chi connectivity index (χ0v) is 9.65. The Morgan fingerprint density at radius 2 is 2.06 bits per heavy atom. The Hall–Kier alpha value is -0.900. The summed E-state index contributed by atoms with van der Waals surface area (Å²) in [4.78, 5) is 0. The third-order valence-electron chi connectivity index (χ3n) is 2.97. The summed E-state index contributed by atoms with van der Waals surface area (Å²) in [6, 6.07) is 9.73. The van der Waals surface area contributed by atoms with E-state index >= 15 is 0 Å². The largest absolute Gasteiger partial charge is 0.387 e. The van der Waals surface area contributed by atoms with Crippen molar-refractivity contribution in [1.82, 2.24) is 5.32 Å². The van der Waals surface area contributed by atoms with Gasteiger partial charge in [0.15, 0.2) is 0 Å². The molecule has 88 valence electrons. The second-order valence-corrected chi connectivity index (χ2v) is 4.86.